The van der Waals surface area contributed by atoms with Crippen LogP contribution in [0, 0.1) is 5.41 Å². The lowest BCUT2D eigenvalue weighted by atomic mass is 9.87. The Kier molecular flexibility index (Phi) is 3.61. The maximum atomic E-state index is 10.1. The van der Waals surface area contributed by atoms with Crippen molar-refractivity contribution in [3.63, 3.8) is 0 Å². The van der Waals surface area contributed by atoms with Gasteiger partial charge in [0, 0.05) is 0 Å². The third kappa shape index (κ3) is 2.51. The molecular formula is C10H18N2OS. The molecule has 1 N–H and O–H groups in total. The average molecular weight is 214 g/mol. The van der Waals surface area contributed by atoms with E-state index in [4.69, 9.17) is 0 Å². The predicted molar refractivity (Wildman–Crippen MR) is 58.3 cm³/mol. The molecule has 0 saturated carbocycles. The van der Waals surface area contributed by atoms with Gasteiger partial charge in [-0.05, 0) is 23.4 Å². The first-order chi connectivity index (χ1) is 6.46. The van der Waals surface area contributed by atoms with Crippen molar-refractivity contribution in [2.75, 3.05) is 0 Å². The van der Waals surface area contributed by atoms with E-state index in [9.17, 15) is 5.11 Å². The van der Waals surface area contributed by atoms with Gasteiger partial charge in [0.1, 0.15) is 0 Å². The van der Waals surface area contributed by atoms with Crippen molar-refractivity contribution in [2.24, 2.45) is 5.41 Å². The van der Waals surface area contributed by atoms with Crippen molar-refractivity contribution in [2.45, 2.75) is 46.6 Å². The van der Waals surface area contributed by atoms with Gasteiger partial charge < -0.3 is 5.11 Å². The van der Waals surface area contributed by atoms with E-state index in [0.29, 0.717) is 0 Å². The van der Waals surface area contributed by atoms with E-state index >= 15 is 0 Å². The average Bonchev–Trinajstić information content (AvgIpc) is 2.50. The molecule has 0 aliphatic rings. The first-order valence-electron chi connectivity index (χ1n) is 4.96. The Balaban J connectivity index is 2.89. The van der Waals surface area contributed by atoms with Crippen LogP contribution in [0.4, 0.5) is 0 Å². The first-order valence-corrected chi connectivity index (χ1v) is 5.73. The minimum atomic E-state index is -0.455. The minimum Gasteiger partial charge on any atom is -0.387 e. The molecule has 1 heterocycles. The van der Waals surface area contributed by atoms with E-state index in [1.807, 2.05) is 20.8 Å². The molecular weight excluding hydrogens is 196 g/mol. The summed E-state index contributed by atoms with van der Waals surface area (Å²) in [7, 11) is 0. The first kappa shape index (κ1) is 11.6. The summed E-state index contributed by atoms with van der Waals surface area (Å²) in [5, 5.41) is 14.1. The van der Waals surface area contributed by atoms with E-state index in [-0.39, 0.29) is 5.41 Å². The van der Waals surface area contributed by atoms with Gasteiger partial charge in [-0.3, -0.25) is 0 Å². The van der Waals surface area contributed by atoms with E-state index in [1.165, 1.54) is 11.5 Å². The Hall–Kier alpha value is -0.480. The quantitative estimate of drug-likeness (QED) is 0.841. The molecule has 0 aromatic carbocycles. The highest BCUT2D eigenvalue weighted by atomic mass is 32.1. The topological polar surface area (TPSA) is 46.0 Å². The van der Waals surface area contributed by atoms with Crippen molar-refractivity contribution in [1.29, 1.82) is 0 Å². The van der Waals surface area contributed by atoms with Crippen LogP contribution in [0.1, 0.15) is 50.8 Å². The fraction of sp³-hybridized carbons (Fsp3) is 0.800. The van der Waals surface area contributed by atoms with E-state index in [1.54, 1.807) is 0 Å². The highest BCUT2D eigenvalue weighted by Crippen LogP contribution is 2.35. The number of aryl methyl sites for hydroxylation is 1. The molecule has 1 aromatic rings. The number of hydrogen-bond acceptors (Lipinski definition) is 4. The van der Waals surface area contributed by atoms with Crippen LogP contribution in [-0.4, -0.2) is 14.7 Å². The molecule has 0 fully saturated rings. The van der Waals surface area contributed by atoms with Crippen LogP contribution in [0.3, 0.4) is 0 Å². The minimum absolute atomic E-state index is 0.142. The van der Waals surface area contributed by atoms with Crippen molar-refractivity contribution in [1.82, 2.24) is 9.59 Å². The van der Waals surface area contributed by atoms with Crippen LogP contribution >= 0.6 is 11.5 Å². The zero-order valence-electron chi connectivity index (χ0n) is 9.24. The van der Waals surface area contributed by atoms with Crippen molar-refractivity contribution < 1.29 is 5.11 Å². The zero-order valence-corrected chi connectivity index (χ0v) is 10.1. The number of rotatable bonds is 3. The maximum absolute atomic E-state index is 10.1. The van der Waals surface area contributed by atoms with Gasteiger partial charge in [-0.1, -0.05) is 38.6 Å². The van der Waals surface area contributed by atoms with Crippen molar-refractivity contribution in [3.05, 3.63) is 10.6 Å². The molecule has 0 radical (unpaired) electrons. The fourth-order valence-electron chi connectivity index (χ4n) is 1.23. The van der Waals surface area contributed by atoms with Gasteiger partial charge >= 0.3 is 0 Å². The summed E-state index contributed by atoms with van der Waals surface area (Å²) in [6.45, 7) is 8.17. The Bertz CT molecular complexity index is 291. The van der Waals surface area contributed by atoms with Gasteiger partial charge in [0.2, 0.25) is 0 Å². The SMILES string of the molecule is CCCc1nnsc1C(O)C(C)(C)C. The third-order valence-corrected chi connectivity index (χ3v) is 2.96. The molecule has 1 aromatic heterocycles. The van der Waals surface area contributed by atoms with E-state index < -0.39 is 6.10 Å². The molecule has 0 aliphatic carbocycles. The summed E-state index contributed by atoms with van der Waals surface area (Å²) < 4.78 is 3.91. The fourth-order valence-corrected chi connectivity index (χ4v) is 2.16. The number of aliphatic hydroxyl groups is 1. The Morgan fingerprint density at radius 1 is 1.43 bits per heavy atom. The van der Waals surface area contributed by atoms with Gasteiger partial charge in [-0.2, -0.15) is 0 Å². The van der Waals surface area contributed by atoms with Crippen LogP contribution in [0.25, 0.3) is 0 Å². The summed E-state index contributed by atoms with van der Waals surface area (Å²) in [5.74, 6) is 0. The molecule has 0 spiro atoms. The van der Waals surface area contributed by atoms with E-state index in [2.05, 4.69) is 16.5 Å². The molecule has 0 aliphatic heterocycles. The maximum Gasteiger partial charge on any atom is 0.0965 e. The van der Waals surface area contributed by atoms with Crippen LogP contribution in [0.15, 0.2) is 0 Å². The molecule has 0 amide bonds. The van der Waals surface area contributed by atoms with Crippen LogP contribution in [-0.2, 0) is 6.42 Å². The lowest BCUT2D eigenvalue weighted by molar-refractivity contribution is 0.0648. The second-order valence-corrected chi connectivity index (χ2v) is 5.39. The molecule has 14 heavy (non-hydrogen) atoms. The highest BCUT2D eigenvalue weighted by Gasteiger charge is 2.28. The molecule has 4 heteroatoms. The summed E-state index contributed by atoms with van der Waals surface area (Å²) in [6, 6.07) is 0. The van der Waals surface area contributed by atoms with Crippen molar-refractivity contribution >= 4 is 11.5 Å². The number of aromatic nitrogens is 2. The Labute approximate surface area is 89.3 Å². The number of aliphatic hydroxyl groups excluding tert-OH is 1. The van der Waals surface area contributed by atoms with Crippen molar-refractivity contribution in [3.8, 4) is 0 Å². The molecule has 0 saturated heterocycles. The summed E-state index contributed by atoms with van der Waals surface area (Å²) in [5.41, 5.74) is 0.816. The second-order valence-electron chi connectivity index (χ2n) is 4.60. The van der Waals surface area contributed by atoms with Crippen LogP contribution in [0.5, 0.6) is 0 Å². The second kappa shape index (κ2) is 4.36. The normalized spacial score (nSPS) is 14.4. The zero-order chi connectivity index (χ0) is 10.8. The lowest BCUT2D eigenvalue weighted by Gasteiger charge is -2.24. The highest BCUT2D eigenvalue weighted by molar-refractivity contribution is 7.05. The summed E-state index contributed by atoms with van der Waals surface area (Å²) in [6.07, 6.45) is 1.48. The standard InChI is InChI=1S/C10H18N2OS/c1-5-6-7-8(14-12-11-7)9(13)10(2,3)4/h9,13H,5-6H2,1-4H3. The monoisotopic (exact) mass is 214 g/mol. The Morgan fingerprint density at radius 2 is 2.07 bits per heavy atom. The molecule has 3 nitrogen and oxygen atoms in total. The van der Waals surface area contributed by atoms with Gasteiger partial charge in [-0.15, -0.1) is 5.10 Å². The van der Waals surface area contributed by atoms with Crippen LogP contribution < -0.4 is 0 Å². The molecule has 1 atom stereocenters. The smallest absolute Gasteiger partial charge is 0.0965 e. The third-order valence-electron chi connectivity index (χ3n) is 2.14. The molecule has 0 bridgehead atoms. The predicted octanol–water partition coefficient (Wildman–Crippen LogP) is 2.57. The van der Waals surface area contributed by atoms with Gasteiger partial charge in [0.15, 0.2) is 0 Å². The lowest BCUT2D eigenvalue weighted by Crippen LogP contribution is -2.18. The summed E-state index contributed by atoms with van der Waals surface area (Å²) in [4.78, 5) is 0.930. The van der Waals surface area contributed by atoms with Gasteiger partial charge in [0.05, 0.1) is 16.7 Å². The largest absolute Gasteiger partial charge is 0.387 e. The van der Waals surface area contributed by atoms with Gasteiger partial charge in [-0.25, -0.2) is 0 Å². The Morgan fingerprint density at radius 3 is 2.57 bits per heavy atom. The van der Waals surface area contributed by atoms with Crippen LogP contribution in [0.2, 0.25) is 0 Å². The number of hydrogen-bond donors (Lipinski definition) is 1. The van der Waals surface area contributed by atoms with Gasteiger partial charge in [0.25, 0.3) is 0 Å². The molecule has 80 valence electrons. The molecule has 1 unspecified atom stereocenters. The summed E-state index contributed by atoms with van der Waals surface area (Å²) >= 11 is 1.31. The number of nitrogens with zero attached hydrogens (tertiary/aromatic N) is 2. The molecule has 1 rings (SSSR count). The van der Waals surface area contributed by atoms with E-state index in [0.717, 1.165) is 23.4 Å².